The molecule has 0 saturated heterocycles. The van der Waals surface area contributed by atoms with Crippen LogP contribution in [0, 0.1) is 20.8 Å². The average Bonchev–Trinajstić information content (AvgIpc) is 2.79. The van der Waals surface area contributed by atoms with Crippen LogP contribution in [0.15, 0.2) is 58.9 Å². The minimum absolute atomic E-state index is 0.199. The topological polar surface area (TPSA) is 69.6 Å². The number of aryl methyl sites for hydroxylation is 3. The van der Waals surface area contributed by atoms with E-state index in [0.717, 1.165) is 17.7 Å². The van der Waals surface area contributed by atoms with Crippen molar-refractivity contribution in [2.24, 2.45) is 4.99 Å². The number of aliphatic imine (C=N–C) groups is 1. The zero-order valence-electron chi connectivity index (χ0n) is 22.8. The molecule has 2 aromatic rings. The standard InChI is InChI=1S/C28H39N5O3/c1-20-15-21(2)17-23(16-20)19-33(8)27(34)24-18-29-28(32(6)7,35-14-13-31(4)5)30-26(24)36-25-12-10-9-11-22(25)3/h9-12,15-18,30H,13-14,19H2,1-8H3. The van der Waals surface area contributed by atoms with Gasteiger partial charge in [0.1, 0.15) is 11.3 Å². The Morgan fingerprint density at radius 3 is 2.28 bits per heavy atom. The molecule has 1 aliphatic heterocycles. The molecule has 1 aliphatic rings. The van der Waals surface area contributed by atoms with E-state index in [0.29, 0.717) is 30.4 Å². The molecule has 0 radical (unpaired) electrons. The Kier molecular flexibility index (Phi) is 8.89. The molecule has 0 aromatic heterocycles. The highest BCUT2D eigenvalue weighted by Crippen LogP contribution is 2.26. The summed E-state index contributed by atoms with van der Waals surface area (Å²) in [6.07, 6.45) is 1.56. The molecule has 1 amide bonds. The van der Waals surface area contributed by atoms with Gasteiger partial charge in [-0.25, -0.2) is 9.89 Å². The van der Waals surface area contributed by atoms with Gasteiger partial charge in [-0.1, -0.05) is 47.5 Å². The van der Waals surface area contributed by atoms with E-state index < -0.39 is 5.97 Å². The number of ether oxygens (including phenoxy) is 2. The van der Waals surface area contributed by atoms with Gasteiger partial charge in [0, 0.05) is 26.4 Å². The Morgan fingerprint density at radius 2 is 1.67 bits per heavy atom. The van der Waals surface area contributed by atoms with Crippen molar-refractivity contribution in [3.05, 3.63) is 76.2 Å². The SMILES string of the molecule is Cc1cc(C)cc(CN(C)C(=O)C2=C(Oc3ccccc3C)NC(OCCN(C)C)(N(C)C)N=C2)c1. The molecule has 3 rings (SSSR count). The Morgan fingerprint density at radius 1 is 1.00 bits per heavy atom. The summed E-state index contributed by atoms with van der Waals surface area (Å²) in [7, 11) is 9.48. The molecule has 36 heavy (non-hydrogen) atoms. The number of hydrogen-bond donors (Lipinski definition) is 1. The lowest BCUT2D eigenvalue weighted by molar-refractivity contribution is -0.156. The number of rotatable bonds is 10. The Bertz CT molecular complexity index is 1120. The second-order valence-corrected chi connectivity index (χ2v) is 9.81. The number of nitrogens with zero attached hydrogens (tertiary/aromatic N) is 4. The summed E-state index contributed by atoms with van der Waals surface area (Å²) in [4.78, 5) is 23.8. The summed E-state index contributed by atoms with van der Waals surface area (Å²) in [6.45, 7) is 7.70. The van der Waals surface area contributed by atoms with Crippen molar-refractivity contribution in [2.75, 3.05) is 48.4 Å². The molecule has 1 heterocycles. The molecule has 0 fully saturated rings. The second-order valence-electron chi connectivity index (χ2n) is 9.81. The zero-order valence-corrected chi connectivity index (χ0v) is 22.8. The van der Waals surface area contributed by atoms with Crippen LogP contribution < -0.4 is 10.1 Å². The van der Waals surface area contributed by atoms with Gasteiger partial charge in [-0.2, -0.15) is 0 Å². The van der Waals surface area contributed by atoms with Gasteiger partial charge in [0.25, 0.3) is 5.91 Å². The lowest BCUT2D eigenvalue weighted by Gasteiger charge is -2.39. The van der Waals surface area contributed by atoms with Crippen LogP contribution in [-0.4, -0.2) is 81.2 Å². The van der Waals surface area contributed by atoms with Crippen LogP contribution >= 0.6 is 0 Å². The van der Waals surface area contributed by atoms with E-state index >= 15 is 0 Å². The molecular weight excluding hydrogens is 454 g/mol. The van der Waals surface area contributed by atoms with Gasteiger partial charge in [0.05, 0.1) is 6.61 Å². The molecular formula is C28H39N5O3. The molecule has 0 saturated carbocycles. The number of likely N-dealkylation sites (N-methyl/N-ethyl adjacent to an activating group) is 2. The van der Waals surface area contributed by atoms with Crippen LogP contribution in [0.25, 0.3) is 0 Å². The maximum absolute atomic E-state index is 13.6. The maximum Gasteiger partial charge on any atom is 0.304 e. The van der Waals surface area contributed by atoms with Crippen molar-refractivity contribution in [2.45, 2.75) is 33.3 Å². The molecule has 8 nitrogen and oxygen atoms in total. The number of nitrogens with one attached hydrogen (secondary N) is 1. The monoisotopic (exact) mass is 493 g/mol. The van der Waals surface area contributed by atoms with Crippen molar-refractivity contribution >= 4 is 12.1 Å². The number of amides is 1. The van der Waals surface area contributed by atoms with E-state index in [9.17, 15) is 4.79 Å². The first-order valence-corrected chi connectivity index (χ1v) is 12.1. The van der Waals surface area contributed by atoms with Crippen LogP contribution in [0.5, 0.6) is 5.75 Å². The lowest BCUT2D eigenvalue weighted by atomic mass is 10.1. The number of para-hydroxylation sites is 1. The highest BCUT2D eigenvalue weighted by molar-refractivity contribution is 6.12. The van der Waals surface area contributed by atoms with E-state index in [4.69, 9.17) is 9.47 Å². The number of carbonyl (C=O) groups excluding carboxylic acids is 1. The minimum atomic E-state index is -1.20. The molecule has 0 aliphatic carbocycles. The van der Waals surface area contributed by atoms with Crippen LogP contribution in [0.4, 0.5) is 0 Å². The van der Waals surface area contributed by atoms with E-state index in [2.05, 4.69) is 42.4 Å². The first-order valence-electron chi connectivity index (χ1n) is 12.1. The lowest BCUT2D eigenvalue weighted by Crippen LogP contribution is -2.59. The summed E-state index contributed by atoms with van der Waals surface area (Å²) >= 11 is 0. The summed E-state index contributed by atoms with van der Waals surface area (Å²) in [5.41, 5.74) is 4.69. The van der Waals surface area contributed by atoms with Gasteiger partial charge in [0.2, 0.25) is 5.88 Å². The highest BCUT2D eigenvalue weighted by Gasteiger charge is 2.39. The molecule has 2 aromatic carbocycles. The first-order chi connectivity index (χ1) is 17.0. The fourth-order valence-corrected chi connectivity index (χ4v) is 3.98. The number of carbonyl (C=O) groups is 1. The molecule has 1 N–H and O–H groups in total. The van der Waals surface area contributed by atoms with Gasteiger partial charge in [-0.3, -0.25) is 10.1 Å². The van der Waals surface area contributed by atoms with Crippen LogP contribution in [0.2, 0.25) is 0 Å². The fourth-order valence-electron chi connectivity index (χ4n) is 3.98. The first kappa shape index (κ1) is 27.4. The molecule has 1 unspecified atom stereocenters. The summed E-state index contributed by atoms with van der Waals surface area (Å²) < 4.78 is 12.5. The minimum Gasteiger partial charge on any atom is -0.440 e. The third-order valence-corrected chi connectivity index (χ3v) is 5.92. The summed E-state index contributed by atoms with van der Waals surface area (Å²) in [6, 6.07) is 14.0. The van der Waals surface area contributed by atoms with Crippen LogP contribution in [0.1, 0.15) is 22.3 Å². The van der Waals surface area contributed by atoms with Crippen molar-refractivity contribution in [1.29, 1.82) is 0 Å². The van der Waals surface area contributed by atoms with E-state index in [-0.39, 0.29) is 5.91 Å². The Hall–Kier alpha value is -3.20. The largest absolute Gasteiger partial charge is 0.440 e. The van der Waals surface area contributed by atoms with Gasteiger partial charge in [-0.15, -0.1) is 0 Å². The molecule has 0 bridgehead atoms. The van der Waals surface area contributed by atoms with Gasteiger partial charge < -0.3 is 19.3 Å². The predicted molar refractivity (Wildman–Crippen MR) is 144 cm³/mol. The van der Waals surface area contributed by atoms with E-state index in [1.807, 2.05) is 69.2 Å². The fraction of sp³-hybridized carbons (Fsp3) is 0.429. The number of benzene rings is 2. The maximum atomic E-state index is 13.6. The van der Waals surface area contributed by atoms with Gasteiger partial charge in [0.15, 0.2) is 0 Å². The van der Waals surface area contributed by atoms with Gasteiger partial charge >= 0.3 is 5.97 Å². The Balaban J connectivity index is 1.94. The normalized spacial score (nSPS) is 17.5. The third-order valence-electron chi connectivity index (χ3n) is 5.92. The average molecular weight is 494 g/mol. The quantitative estimate of drug-likeness (QED) is 0.513. The summed E-state index contributed by atoms with van der Waals surface area (Å²) in [5, 5.41) is 3.28. The van der Waals surface area contributed by atoms with Crippen molar-refractivity contribution in [3.63, 3.8) is 0 Å². The van der Waals surface area contributed by atoms with E-state index in [1.54, 1.807) is 18.2 Å². The zero-order chi connectivity index (χ0) is 26.5. The molecule has 1 atom stereocenters. The molecule has 8 heteroatoms. The predicted octanol–water partition coefficient (Wildman–Crippen LogP) is 3.29. The molecule has 0 spiro atoms. The smallest absolute Gasteiger partial charge is 0.304 e. The van der Waals surface area contributed by atoms with Crippen molar-refractivity contribution < 1.29 is 14.3 Å². The molecule has 194 valence electrons. The Labute approximate surface area is 215 Å². The second kappa shape index (κ2) is 11.7. The number of hydrogen-bond acceptors (Lipinski definition) is 7. The highest BCUT2D eigenvalue weighted by atomic mass is 16.6. The third kappa shape index (κ3) is 6.72. The van der Waals surface area contributed by atoms with Crippen molar-refractivity contribution in [1.82, 2.24) is 20.0 Å². The van der Waals surface area contributed by atoms with Crippen LogP contribution in [-0.2, 0) is 16.1 Å². The van der Waals surface area contributed by atoms with Gasteiger partial charge in [-0.05, 0) is 66.2 Å². The van der Waals surface area contributed by atoms with Crippen LogP contribution in [0.3, 0.4) is 0 Å². The van der Waals surface area contributed by atoms with E-state index in [1.165, 1.54) is 11.1 Å². The van der Waals surface area contributed by atoms with Crippen molar-refractivity contribution in [3.8, 4) is 5.75 Å². The summed E-state index contributed by atoms with van der Waals surface area (Å²) in [5.74, 6) is -0.451.